The molecule has 154 valence electrons. The van der Waals surface area contributed by atoms with Gasteiger partial charge >= 0.3 is 0 Å². The zero-order valence-corrected chi connectivity index (χ0v) is 16.9. The van der Waals surface area contributed by atoms with Crippen LogP contribution in [0.15, 0.2) is 78.0 Å². The van der Waals surface area contributed by atoms with Crippen LogP contribution in [0.3, 0.4) is 0 Å². The molecule has 31 heavy (non-hydrogen) atoms. The van der Waals surface area contributed by atoms with Gasteiger partial charge in [0.25, 0.3) is 5.56 Å². The fourth-order valence-corrected chi connectivity index (χ4v) is 4.00. The average Bonchev–Trinajstić information content (AvgIpc) is 3.20. The van der Waals surface area contributed by atoms with Crippen LogP contribution in [-0.2, 0) is 6.42 Å². The molecule has 2 aromatic carbocycles. The number of aryl methyl sites for hydroxylation is 1. The van der Waals surface area contributed by atoms with Crippen molar-refractivity contribution >= 4 is 27.5 Å². The summed E-state index contributed by atoms with van der Waals surface area (Å²) in [4.78, 5) is 22.2. The van der Waals surface area contributed by atoms with Crippen molar-refractivity contribution in [3.05, 3.63) is 89.1 Å². The second-order valence-corrected chi connectivity index (χ2v) is 7.49. The van der Waals surface area contributed by atoms with Crippen LogP contribution >= 0.6 is 0 Å². The van der Waals surface area contributed by atoms with Gasteiger partial charge in [-0.2, -0.15) is 0 Å². The lowest BCUT2D eigenvalue weighted by Gasteiger charge is -2.14. The maximum Gasteiger partial charge on any atom is 0.255 e. The molecule has 0 atom stereocenters. The minimum Gasteiger partial charge on any atom is -0.493 e. The van der Waals surface area contributed by atoms with E-state index in [1.165, 1.54) is 10.9 Å². The molecule has 0 fully saturated rings. The first kappa shape index (κ1) is 18.9. The largest absolute Gasteiger partial charge is 0.493 e. The maximum absolute atomic E-state index is 12.0. The fourth-order valence-electron chi connectivity index (χ4n) is 4.00. The number of fused-ring (bicyclic) bond motifs is 2. The molecule has 0 saturated heterocycles. The predicted octanol–water partition coefficient (Wildman–Crippen LogP) is 4.67. The van der Waals surface area contributed by atoms with Gasteiger partial charge in [0.05, 0.1) is 12.2 Å². The third-order valence-electron chi connectivity index (χ3n) is 5.53. The van der Waals surface area contributed by atoms with Crippen molar-refractivity contribution in [1.29, 1.82) is 0 Å². The van der Waals surface area contributed by atoms with Crippen LogP contribution in [0.25, 0.3) is 32.8 Å². The first-order valence-electron chi connectivity index (χ1n) is 10.2. The molecule has 0 aliphatic carbocycles. The zero-order chi connectivity index (χ0) is 21.2. The number of nitrogen functional groups attached to an aromatic ring is 1. The number of aromatic amines is 2. The van der Waals surface area contributed by atoms with Gasteiger partial charge in [0.2, 0.25) is 0 Å². The molecule has 0 radical (unpaired) electrons. The number of nitrogens with one attached hydrogen (secondary N) is 2. The number of nitrogens with zero attached hydrogens (tertiary/aromatic N) is 1. The molecule has 6 nitrogen and oxygen atoms in total. The Morgan fingerprint density at radius 1 is 1.00 bits per heavy atom. The molecular formula is C25H22N4O2. The van der Waals surface area contributed by atoms with Gasteiger partial charge in [-0.1, -0.05) is 24.3 Å². The molecule has 0 aliphatic rings. The number of hydrogen-bond donors (Lipinski definition) is 3. The lowest BCUT2D eigenvalue weighted by molar-refractivity contribution is 0.312. The molecule has 5 rings (SSSR count). The van der Waals surface area contributed by atoms with E-state index in [1.807, 2.05) is 30.3 Å². The van der Waals surface area contributed by atoms with E-state index in [1.54, 1.807) is 18.5 Å². The quantitative estimate of drug-likeness (QED) is 0.355. The van der Waals surface area contributed by atoms with Gasteiger partial charge < -0.3 is 20.4 Å². The van der Waals surface area contributed by atoms with Crippen LogP contribution in [0, 0.1) is 0 Å². The van der Waals surface area contributed by atoms with E-state index in [0.717, 1.165) is 34.9 Å². The Labute approximate surface area is 178 Å². The molecule has 0 saturated carbocycles. The Hall–Kier alpha value is -4.06. The van der Waals surface area contributed by atoms with E-state index < -0.39 is 0 Å². The third-order valence-corrected chi connectivity index (χ3v) is 5.53. The van der Waals surface area contributed by atoms with Gasteiger partial charge in [-0.3, -0.25) is 4.79 Å². The van der Waals surface area contributed by atoms with E-state index in [-0.39, 0.29) is 5.56 Å². The summed E-state index contributed by atoms with van der Waals surface area (Å²) in [6.07, 6.45) is 7.15. The van der Waals surface area contributed by atoms with Gasteiger partial charge in [-0.05, 0) is 59.7 Å². The molecule has 0 amide bonds. The van der Waals surface area contributed by atoms with E-state index in [4.69, 9.17) is 10.5 Å². The predicted molar refractivity (Wildman–Crippen MR) is 124 cm³/mol. The number of nitrogens with two attached hydrogens (primary N) is 1. The van der Waals surface area contributed by atoms with E-state index in [2.05, 4.69) is 39.3 Å². The Bertz CT molecular complexity index is 1430. The summed E-state index contributed by atoms with van der Waals surface area (Å²) in [5.74, 6) is 1.09. The highest BCUT2D eigenvalue weighted by Crippen LogP contribution is 2.35. The number of hydrogen-bond acceptors (Lipinski definition) is 4. The summed E-state index contributed by atoms with van der Waals surface area (Å²) in [6, 6.07) is 17.6. The highest BCUT2D eigenvalue weighted by Gasteiger charge is 2.13. The number of pyridine rings is 2. The molecule has 0 spiro atoms. The highest BCUT2D eigenvalue weighted by molar-refractivity contribution is 5.90. The van der Waals surface area contributed by atoms with Crippen LogP contribution in [-0.4, -0.2) is 21.6 Å². The summed E-state index contributed by atoms with van der Waals surface area (Å²) in [5, 5.41) is 2.73. The molecule has 0 bridgehead atoms. The standard InChI is InChI=1S/C25H22N4O2/c26-24-23(17-7-8-20-16(14-17)9-11-28-25(20)30)22(10-12-27-24)31-13-3-4-18-15-29-21-6-2-1-5-19(18)21/h1-2,5-12,14-15,29H,3-4,13H2,(H2,26,27)(H,28,30). The molecule has 3 aromatic heterocycles. The van der Waals surface area contributed by atoms with E-state index >= 15 is 0 Å². The molecule has 5 aromatic rings. The highest BCUT2D eigenvalue weighted by atomic mass is 16.5. The second-order valence-electron chi connectivity index (χ2n) is 7.49. The van der Waals surface area contributed by atoms with E-state index in [0.29, 0.717) is 23.6 Å². The molecular weight excluding hydrogens is 388 g/mol. The number of rotatable bonds is 6. The topological polar surface area (TPSA) is 96.8 Å². The Balaban J connectivity index is 1.36. The zero-order valence-electron chi connectivity index (χ0n) is 16.9. The summed E-state index contributed by atoms with van der Waals surface area (Å²) >= 11 is 0. The van der Waals surface area contributed by atoms with Crippen molar-refractivity contribution < 1.29 is 4.74 Å². The Morgan fingerprint density at radius 3 is 2.84 bits per heavy atom. The Morgan fingerprint density at radius 2 is 1.90 bits per heavy atom. The van der Waals surface area contributed by atoms with Gasteiger partial charge in [-0.25, -0.2) is 4.98 Å². The molecule has 3 heterocycles. The smallest absolute Gasteiger partial charge is 0.255 e. The molecule has 0 unspecified atom stereocenters. The monoisotopic (exact) mass is 410 g/mol. The van der Waals surface area contributed by atoms with Gasteiger partial charge in [0, 0.05) is 34.9 Å². The van der Waals surface area contributed by atoms with Gasteiger partial charge in [0.1, 0.15) is 11.6 Å². The maximum atomic E-state index is 12.0. The minimum absolute atomic E-state index is 0.114. The molecule has 0 aliphatic heterocycles. The molecule has 4 N–H and O–H groups in total. The Kier molecular flexibility index (Phi) is 4.88. The number of anilines is 1. The van der Waals surface area contributed by atoms with Crippen molar-refractivity contribution in [1.82, 2.24) is 15.0 Å². The number of benzene rings is 2. The second kappa shape index (κ2) is 7.99. The lowest BCUT2D eigenvalue weighted by Crippen LogP contribution is -2.05. The van der Waals surface area contributed by atoms with Crippen LogP contribution in [0.4, 0.5) is 5.82 Å². The average molecular weight is 410 g/mol. The van der Waals surface area contributed by atoms with E-state index in [9.17, 15) is 4.79 Å². The number of ether oxygens (including phenoxy) is 1. The summed E-state index contributed by atoms with van der Waals surface area (Å²) in [6.45, 7) is 0.559. The summed E-state index contributed by atoms with van der Waals surface area (Å²) in [5.41, 5.74) is 10.1. The number of H-pyrrole nitrogens is 2. The van der Waals surface area contributed by atoms with Crippen LogP contribution < -0.4 is 16.0 Å². The summed E-state index contributed by atoms with van der Waals surface area (Å²) in [7, 11) is 0. The van der Waals surface area contributed by atoms with Crippen molar-refractivity contribution in [2.45, 2.75) is 12.8 Å². The number of aromatic nitrogens is 3. The van der Waals surface area contributed by atoms with Crippen molar-refractivity contribution in [3.63, 3.8) is 0 Å². The van der Waals surface area contributed by atoms with Crippen molar-refractivity contribution in [2.75, 3.05) is 12.3 Å². The summed E-state index contributed by atoms with van der Waals surface area (Å²) < 4.78 is 6.12. The van der Waals surface area contributed by atoms with Gasteiger partial charge in [-0.15, -0.1) is 0 Å². The van der Waals surface area contributed by atoms with Crippen molar-refractivity contribution in [3.8, 4) is 16.9 Å². The lowest BCUT2D eigenvalue weighted by atomic mass is 10.0. The van der Waals surface area contributed by atoms with Crippen LogP contribution in [0.5, 0.6) is 5.75 Å². The van der Waals surface area contributed by atoms with Crippen molar-refractivity contribution in [2.24, 2.45) is 0 Å². The minimum atomic E-state index is -0.114. The fraction of sp³-hybridized carbons (Fsp3) is 0.120. The molecule has 6 heteroatoms. The number of para-hydroxylation sites is 1. The normalized spacial score (nSPS) is 11.2. The van der Waals surface area contributed by atoms with Crippen LogP contribution in [0.2, 0.25) is 0 Å². The SMILES string of the molecule is Nc1nccc(OCCCc2c[nH]c3ccccc23)c1-c1ccc2c(=O)[nH]ccc2c1. The first-order chi connectivity index (χ1) is 15.2. The third kappa shape index (κ3) is 3.64. The first-order valence-corrected chi connectivity index (χ1v) is 10.2. The van der Waals surface area contributed by atoms with Gasteiger partial charge in [0.15, 0.2) is 0 Å². The van der Waals surface area contributed by atoms with Crippen LogP contribution in [0.1, 0.15) is 12.0 Å².